The predicted molar refractivity (Wildman–Crippen MR) is 66.4 cm³/mol. The fraction of sp³-hybridized carbons (Fsp3) is 0.727. The SMILES string of the molecule is CC(NC1CCS(=O)(=O)CC1)c1nccn1C. The molecule has 2 heterocycles. The van der Waals surface area contributed by atoms with Gasteiger partial charge in [0.25, 0.3) is 0 Å². The van der Waals surface area contributed by atoms with Crippen LogP contribution in [0.15, 0.2) is 12.4 Å². The van der Waals surface area contributed by atoms with Crippen molar-refractivity contribution in [1.82, 2.24) is 14.9 Å². The van der Waals surface area contributed by atoms with E-state index in [-0.39, 0.29) is 12.1 Å². The summed E-state index contributed by atoms with van der Waals surface area (Å²) in [6, 6.07) is 0.436. The van der Waals surface area contributed by atoms with Gasteiger partial charge >= 0.3 is 0 Å². The van der Waals surface area contributed by atoms with E-state index in [1.807, 2.05) is 17.8 Å². The molecule has 0 amide bonds. The molecule has 1 N–H and O–H groups in total. The third kappa shape index (κ3) is 3.07. The second kappa shape index (κ2) is 4.78. The molecule has 0 saturated carbocycles. The number of aromatic nitrogens is 2. The van der Waals surface area contributed by atoms with Gasteiger partial charge in [0.05, 0.1) is 17.5 Å². The number of hydrogen-bond donors (Lipinski definition) is 1. The number of nitrogens with one attached hydrogen (secondary N) is 1. The highest BCUT2D eigenvalue weighted by molar-refractivity contribution is 7.91. The maximum absolute atomic E-state index is 11.3. The van der Waals surface area contributed by atoms with Gasteiger partial charge in [-0.25, -0.2) is 13.4 Å². The van der Waals surface area contributed by atoms with E-state index >= 15 is 0 Å². The highest BCUT2D eigenvalue weighted by Gasteiger charge is 2.25. The molecule has 1 aromatic rings. The summed E-state index contributed by atoms with van der Waals surface area (Å²) in [7, 11) is -0.810. The minimum Gasteiger partial charge on any atom is -0.337 e. The molecule has 1 saturated heterocycles. The first-order chi connectivity index (χ1) is 7.98. The number of nitrogens with zero attached hydrogens (tertiary/aromatic N) is 2. The molecular weight excluding hydrogens is 238 g/mol. The van der Waals surface area contributed by atoms with Crippen LogP contribution < -0.4 is 5.32 Å². The lowest BCUT2D eigenvalue weighted by atomic mass is 10.1. The predicted octanol–water partition coefficient (Wildman–Crippen LogP) is 0.648. The summed E-state index contributed by atoms with van der Waals surface area (Å²) in [5.41, 5.74) is 0. The molecule has 6 heteroatoms. The lowest BCUT2D eigenvalue weighted by molar-refractivity contribution is 0.405. The molecular formula is C11H19N3O2S. The summed E-state index contributed by atoms with van der Waals surface area (Å²) in [5, 5.41) is 3.45. The maximum Gasteiger partial charge on any atom is 0.150 e. The Bertz CT molecular complexity index is 467. The van der Waals surface area contributed by atoms with Crippen LogP contribution in [0.3, 0.4) is 0 Å². The zero-order valence-electron chi connectivity index (χ0n) is 10.3. The van der Waals surface area contributed by atoms with Gasteiger partial charge in [-0.1, -0.05) is 0 Å². The van der Waals surface area contributed by atoms with Gasteiger partial charge in [0.15, 0.2) is 0 Å². The molecule has 1 atom stereocenters. The fourth-order valence-corrected chi connectivity index (χ4v) is 3.77. The van der Waals surface area contributed by atoms with E-state index in [2.05, 4.69) is 17.2 Å². The number of imidazole rings is 1. The van der Waals surface area contributed by atoms with Gasteiger partial charge in [-0.2, -0.15) is 0 Å². The number of hydrogen-bond acceptors (Lipinski definition) is 4. The number of aryl methyl sites for hydroxylation is 1. The standard InChI is InChI=1S/C11H19N3O2S/c1-9(11-12-5-6-14(11)2)13-10-3-7-17(15,16)8-4-10/h5-6,9-10,13H,3-4,7-8H2,1-2H3. The largest absolute Gasteiger partial charge is 0.337 e. The first-order valence-corrected chi connectivity index (χ1v) is 7.74. The zero-order chi connectivity index (χ0) is 12.5. The van der Waals surface area contributed by atoms with E-state index in [4.69, 9.17) is 0 Å². The molecule has 1 aliphatic heterocycles. The summed E-state index contributed by atoms with van der Waals surface area (Å²) >= 11 is 0. The summed E-state index contributed by atoms with van der Waals surface area (Å²) in [4.78, 5) is 4.29. The smallest absolute Gasteiger partial charge is 0.150 e. The molecule has 1 fully saturated rings. The molecule has 0 spiro atoms. The van der Waals surface area contributed by atoms with Crippen molar-refractivity contribution in [3.63, 3.8) is 0 Å². The average molecular weight is 257 g/mol. The quantitative estimate of drug-likeness (QED) is 0.863. The second-order valence-electron chi connectivity index (χ2n) is 4.71. The molecule has 0 radical (unpaired) electrons. The Balaban J connectivity index is 1.92. The van der Waals surface area contributed by atoms with Crippen LogP contribution >= 0.6 is 0 Å². The van der Waals surface area contributed by atoms with E-state index in [0.29, 0.717) is 24.3 Å². The van der Waals surface area contributed by atoms with Crippen LogP contribution in [0, 0.1) is 0 Å². The van der Waals surface area contributed by atoms with Crippen LogP contribution in [0.2, 0.25) is 0 Å². The second-order valence-corrected chi connectivity index (χ2v) is 7.01. The van der Waals surface area contributed by atoms with Gasteiger partial charge in [0.1, 0.15) is 15.7 Å². The maximum atomic E-state index is 11.3. The highest BCUT2D eigenvalue weighted by Crippen LogP contribution is 2.17. The summed E-state index contributed by atoms with van der Waals surface area (Å²) in [6.45, 7) is 2.06. The van der Waals surface area contributed by atoms with Crippen LogP contribution in [0.4, 0.5) is 0 Å². The fourth-order valence-electron chi connectivity index (χ4n) is 2.28. The Morgan fingerprint density at radius 3 is 2.65 bits per heavy atom. The van der Waals surface area contributed by atoms with E-state index in [0.717, 1.165) is 5.82 Å². The molecule has 2 rings (SSSR count). The molecule has 1 aromatic heterocycles. The highest BCUT2D eigenvalue weighted by atomic mass is 32.2. The van der Waals surface area contributed by atoms with Crippen molar-refractivity contribution in [2.45, 2.75) is 31.8 Å². The van der Waals surface area contributed by atoms with Gasteiger partial charge in [-0.05, 0) is 19.8 Å². The van der Waals surface area contributed by atoms with Crippen LogP contribution in [0.1, 0.15) is 31.6 Å². The van der Waals surface area contributed by atoms with Crippen molar-refractivity contribution in [2.75, 3.05) is 11.5 Å². The minimum atomic E-state index is -2.77. The lowest BCUT2D eigenvalue weighted by Crippen LogP contribution is -2.39. The van der Waals surface area contributed by atoms with E-state index in [1.54, 1.807) is 6.20 Å². The van der Waals surface area contributed by atoms with Gasteiger partial charge in [0, 0.05) is 25.5 Å². The molecule has 96 valence electrons. The molecule has 1 unspecified atom stereocenters. The molecule has 1 aliphatic rings. The Hall–Kier alpha value is -0.880. The topological polar surface area (TPSA) is 64.0 Å². The summed E-state index contributed by atoms with van der Waals surface area (Å²) in [5.74, 6) is 1.59. The Morgan fingerprint density at radius 1 is 1.47 bits per heavy atom. The van der Waals surface area contributed by atoms with Gasteiger partial charge in [0.2, 0.25) is 0 Å². The molecule has 0 aliphatic carbocycles. The lowest BCUT2D eigenvalue weighted by Gasteiger charge is -2.26. The van der Waals surface area contributed by atoms with Gasteiger partial charge in [-0.3, -0.25) is 0 Å². The van der Waals surface area contributed by atoms with Gasteiger partial charge in [-0.15, -0.1) is 0 Å². The third-order valence-corrected chi connectivity index (χ3v) is 5.00. The van der Waals surface area contributed by atoms with Crippen LogP contribution in [0.5, 0.6) is 0 Å². The van der Waals surface area contributed by atoms with Crippen molar-refractivity contribution >= 4 is 9.84 Å². The van der Waals surface area contributed by atoms with Gasteiger partial charge < -0.3 is 9.88 Å². The molecule has 5 nitrogen and oxygen atoms in total. The van der Waals surface area contributed by atoms with Crippen molar-refractivity contribution in [3.8, 4) is 0 Å². The Morgan fingerprint density at radius 2 is 2.12 bits per heavy atom. The zero-order valence-corrected chi connectivity index (χ0v) is 11.1. The first-order valence-electron chi connectivity index (χ1n) is 5.91. The molecule has 0 aromatic carbocycles. The van der Waals surface area contributed by atoms with Crippen molar-refractivity contribution in [2.24, 2.45) is 7.05 Å². The Kier molecular flexibility index (Phi) is 3.53. The van der Waals surface area contributed by atoms with E-state index in [9.17, 15) is 8.42 Å². The van der Waals surface area contributed by atoms with E-state index in [1.165, 1.54) is 0 Å². The monoisotopic (exact) mass is 257 g/mol. The molecule has 0 bridgehead atoms. The number of rotatable bonds is 3. The normalized spacial score (nSPS) is 22.5. The summed E-state index contributed by atoms with van der Waals surface area (Å²) in [6.07, 6.45) is 5.10. The van der Waals surface area contributed by atoms with Crippen LogP contribution in [-0.4, -0.2) is 35.5 Å². The third-order valence-electron chi connectivity index (χ3n) is 3.29. The van der Waals surface area contributed by atoms with E-state index < -0.39 is 9.84 Å². The number of sulfone groups is 1. The van der Waals surface area contributed by atoms with Crippen LogP contribution in [-0.2, 0) is 16.9 Å². The minimum absolute atomic E-state index is 0.154. The van der Waals surface area contributed by atoms with Crippen molar-refractivity contribution < 1.29 is 8.42 Å². The van der Waals surface area contributed by atoms with Crippen LogP contribution in [0.25, 0.3) is 0 Å². The average Bonchev–Trinajstić information content (AvgIpc) is 2.68. The van der Waals surface area contributed by atoms with Crippen molar-refractivity contribution in [3.05, 3.63) is 18.2 Å². The Labute approximate surface area is 102 Å². The van der Waals surface area contributed by atoms with Crippen molar-refractivity contribution in [1.29, 1.82) is 0 Å². The molecule has 17 heavy (non-hydrogen) atoms. The summed E-state index contributed by atoms with van der Waals surface area (Å²) < 4.78 is 24.6. The first kappa shape index (κ1) is 12.6.